The lowest BCUT2D eigenvalue weighted by molar-refractivity contribution is 0.195. The zero-order valence-corrected chi connectivity index (χ0v) is 12.4. The number of rotatable bonds is 9. The number of nitrogens with zero attached hydrogens (tertiary/aromatic N) is 4. The topological polar surface area (TPSA) is 99.0 Å². The minimum atomic E-state index is -2.94. The average Bonchev–Trinajstić information content (AvgIpc) is 2.76. The minimum Gasteiger partial charge on any atom is -0.383 e. The molecule has 0 fully saturated rings. The maximum absolute atomic E-state index is 11.1. The molecule has 0 spiro atoms. The number of nitrogens with one attached hydrogen (secondary N) is 1. The SMILES string of the molecule is COCCNC(C)c1nnnn1CCCS(C)(=O)=O. The van der Waals surface area contributed by atoms with E-state index in [0.717, 1.165) is 0 Å². The summed E-state index contributed by atoms with van der Waals surface area (Å²) in [7, 11) is -1.30. The molecular formula is C10H21N5O3S. The summed E-state index contributed by atoms with van der Waals surface area (Å²) in [5, 5.41) is 14.7. The van der Waals surface area contributed by atoms with Crippen LogP contribution in [0.3, 0.4) is 0 Å². The molecule has 0 aromatic carbocycles. The van der Waals surface area contributed by atoms with Gasteiger partial charge >= 0.3 is 0 Å². The fourth-order valence-corrected chi connectivity index (χ4v) is 2.28. The van der Waals surface area contributed by atoms with E-state index in [9.17, 15) is 8.42 Å². The van der Waals surface area contributed by atoms with Gasteiger partial charge in [-0.15, -0.1) is 5.10 Å². The van der Waals surface area contributed by atoms with E-state index in [1.54, 1.807) is 11.8 Å². The molecule has 0 amide bonds. The van der Waals surface area contributed by atoms with Gasteiger partial charge in [-0.2, -0.15) is 0 Å². The van der Waals surface area contributed by atoms with Crippen molar-refractivity contribution in [3.8, 4) is 0 Å². The summed E-state index contributed by atoms with van der Waals surface area (Å²) >= 11 is 0. The van der Waals surface area contributed by atoms with Crippen LogP contribution in [0, 0.1) is 0 Å². The number of aryl methyl sites for hydroxylation is 1. The zero-order chi connectivity index (χ0) is 14.3. The first-order chi connectivity index (χ1) is 8.94. The third-order valence-electron chi connectivity index (χ3n) is 2.59. The Morgan fingerprint density at radius 1 is 1.47 bits per heavy atom. The third kappa shape index (κ3) is 6.08. The van der Waals surface area contributed by atoms with Crippen molar-refractivity contribution in [2.45, 2.75) is 25.9 Å². The third-order valence-corrected chi connectivity index (χ3v) is 3.62. The summed E-state index contributed by atoms with van der Waals surface area (Å²) in [6.07, 6.45) is 1.73. The molecule has 1 rings (SSSR count). The molecule has 9 heteroatoms. The largest absolute Gasteiger partial charge is 0.383 e. The molecular weight excluding hydrogens is 270 g/mol. The zero-order valence-electron chi connectivity index (χ0n) is 11.5. The highest BCUT2D eigenvalue weighted by atomic mass is 32.2. The van der Waals surface area contributed by atoms with E-state index in [4.69, 9.17) is 4.74 Å². The Kier molecular flexibility index (Phi) is 6.32. The Labute approximate surface area is 113 Å². The molecule has 110 valence electrons. The smallest absolute Gasteiger partial charge is 0.167 e. The fraction of sp³-hybridized carbons (Fsp3) is 0.900. The molecule has 0 bridgehead atoms. The van der Waals surface area contributed by atoms with E-state index in [1.165, 1.54) is 6.26 Å². The van der Waals surface area contributed by atoms with Gasteiger partial charge in [0.1, 0.15) is 9.84 Å². The Balaban J connectivity index is 2.49. The summed E-state index contributed by atoms with van der Waals surface area (Å²) in [5.41, 5.74) is 0. The second-order valence-electron chi connectivity index (χ2n) is 4.41. The number of ether oxygens (including phenoxy) is 1. The lowest BCUT2D eigenvalue weighted by Crippen LogP contribution is -2.26. The highest BCUT2D eigenvalue weighted by molar-refractivity contribution is 7.90. The summed E-state index contributed by atoms with van der Waals surface area (Å²) < 4.78 is 28.7. The van der Waals surface area contributed by atoms with Gasteiger partial charge in [0.15, 0.2) is 5.82 Å². The molecule has 0 radical (unpaired) electrons. The quantitative estimate of drug-likeness (QED) is 0.607. The minimum absolute atomic E-state index is 0.0108. The summed E-state index contributed by atoms with van der Waals surface area (Å²) in [4.78, 5) is 0. The number of hydrogen-bond donors (Lipinski definition) is 1. The van der Waals surface area contributed by atoms with Crippen LogP contribution >= 0.6 is 0 Å². The second-order valence-corrected chi connectivity index (χ2v) is 6.67. The molecule has 1 heterocycles. The molecule has 0 aliphatic rings. The van der Waals surface area contributed by atoms with Crippen LogP contribution in [-0.4, -0.2) is 60.9 Å². The lowest BCUT2D eigenvalue weighted by Gasteiger charge is -2.13. The summed E-state index contributed by atoms with van der Waals surface area (Å²) in [6, 6.07) is -0.0108. The Bertz CT molecular complexity index is 473. The van der Waals surface area contributed by atoms with Crippen molar-refractivity contribution >= 4 is 9.84 Å². The lowest BCUT2D eigenvalue weighted by atomic mass is 10.3. The molecule has 1 atom stereocenters. The van der Waals surface area contributed by atoms with Crippen LogP contribution in [0.4, 0.5) is 0 Å². The van der Waals surface area contributed by atoms with Crippen LogP contribution in [0.5, 0.6) is 0 Å². The number of aromatic nitrogens is 4. The van der Waals surface area contributed by atoms with Crippen molar-refractivity contribution in [3.63, 3.8) is 0 Å². The molecule has 1 aromatic rings. The van der Waals surface area contributed by atoms with Crippen molar-refractivity contribution in [3.05, 3.63) is 5.82 Å². The van der Waals surface area contributed by atoms with E-state index in [0.29, 0.717) is 31.9 Å². The van der Waals surface area contributed by atoms with Crippen molar-refractivity contribution in [1.82, 2.24) is 25.5 Å². The monoisotopic (exact) mass is 291 g/mol. The molecule has 1 unspecified atom stereocenters. The van der Waals surface area contributed by atoms with Crippen molar-refractivity contribution < 1.29 is 13.2 Å². The van der Waals surface area contributed by atoms with Crippen molar-refractivity contribution in [2.75, 3.05) is 32.3 Å². The van der Waals surface area contributed by atoms with Gasteiger partial charge in [0.2, 0.25) is 0 Å². The van der Waals surface area contributed by atoms with Crippen molar-refractivity contribution in [1.29, 1.82) is 0 Å². The van der Waals surface area contributed by atoms with E-state index in [2.05, 4.69) is 20.8 Å². The fourth-order valence-electron chi connectivity index (χ4n) is 1.63. The Morgan fingerprint density at radius 2 is 2.21 bits per heavy atom. The van der Waals surface area contributed by atoms with Gasteiger partial charge in [-0.1, -0.05) is 0 Å². The van der Waals surface area contributed by atoms with Gasteiger partial charge in [0.05, 0.1) is 18.4 Å². The first-order valence-corrected chi connectivity index (χ1v) is 8.16. The molecule has 1 aromatic heterocycles. The van der Waals surface area contributed by atoms with Gasteiger partial charge in [0, 0.05) is 26.5 Å². The van der Waals surface area contributed by atoms with E-state index < -0.39 is 9.84 Å². The highest BCUT2D eigenvalue weighted by Gasteiger charge is 2.14. The van der Waals surface area contributed by atoms with Gasteiger partial charge < -0.3 is 10.1 Å². The van der Waals surface area contributed by atoms with Gasteiger partial charge in [-0.05, 0) is 23.8 Å². The number of sulfone groups is 1. The van der Waals surface area contributed by atoms with E-state index >= 15 is 0 Å². The Hall–Kier alpha value is -1.06. The number of hydrogen-bond acceptors (Lipinski definition) is 7. The van der Waals surface area contributed by atoms with Crippen molar-refractivity contribution in [2.24, 2.45) is 0 Å². The van der Waals surface area contributed by atoms with Crippen LogP contribution in [0.25, 0.3) is 0 Å². The van der Waals surface area contributed by atoms with Gasteiger partial charge in [-0.25, -0.2) is 13.1 Å². The molecule has 0 aliphatic carbocycles. The van der Waals surface area contributed by atoms with Crippen LogP contribution in [-0.2, 0) is 21.1 Å². The van der Waals surface area contributed by atoms with Crippen LogP contribution in [0.1, 0.15) is 25.2 Å². The average molecular weight is 291 g/mol. The first-order valence-electron chi connectivity index (χ1n) is 6.10. The normalized spacial score (nSPS) is 13.6. The van der Waals surface area contributed by atoms with Gasteiger partial charge in [-0.3, -0.25) is 0 Å². The first kappa shape index (κ1) is 16.0. The van der Waals surface area contributed by atoms with E-state index in [-0.39, 0.29) is 11.8 Å². The number of tetrazole rings is 1. The maximum atomic E-state index is 11.1. The van der Waals surface area contributed by atoms with Crippen LogP contribution in [0.2, 0.25) is 0 Å². The predicted octanol–water partition coefficient (Wildman–Crippen LogP) is -0.595. The Morgan fingerprint density at radius 3 is 2.84 bits per heavy atom. The summed E-state index contributed by atoms with van der Waals surface area (Å²) in [5.74, 6) is 0.835. The molecule has 0 aliphatic heterocycles. The second kappa shape index (κ2) is 7.51. The molecule has 8 nitrogen and oxygen atoms in total. The highest BCUT2D eigenvalue weighted by Crippen LogP contribution is 2.07. The number of methoxy groups -OCH3 is 1. The van der Waals surface area contributed by atoms with E-state index in [1.807, 2.05) is 6.92 Å². The molecule has 19 heavy (non-hydrogen) atoms. The van der Waals surface area contributed by atoms with Crippen LogP contribution in [0.15, 0.2) is 0 Å². The van der Waals surface area contributed by atoms with Crippen LogP contribution < -0.4 is 5.32 Å². The standard InChI is InChI=1S/C10H21N5O3S/c1-9(11-5-7-18-2)10-12-13-14-15(10)6-4-8-19(3,16)17/h9,11H,4-8H2,1-3H3. The molecule has 0 saturated carbocycles. The molecule has 0 saturated heterocycles. The molecule has 1 N–H and O–H groups in total. The summed E-state index contributed by atoms with van der Waals surface area (Å²) in [6.45, 7) is 3.76. The maximum Gasteiger partial charge on any atom is 0.167 e. The predicted molar refractivity (Wildman–Crippen MR) is 70.4 cm³/mol. The van der Waals surface area contributed by atoms with Gasteiger partial charge in [0.25, 0.3) is 0 Å².